The fraction of sp³-hybridized carbons (Fsp3) is 0.971. The molecule has 0 aromatic carbocycles. The number of aliphatic hydroxyl groups is 5. The number of hydrogen-bond acceptors (Lipinski definition) is 9. The highest BCUT2D eigenvalue weighted by atomic mass is 16.7. The van der Waals surface area contributed by atoms with Gasteiger partial charge in [0.05, 0.1) is 36.1 Å². The highest BCUT2D eigenvalue weighted by Crippen LogP contribution is 2.56. The van der Waals surface area contributed by atoms with Gasteiger partial charge in [0.15, 0.2) is 11.6 Å². The van der Waals surface area contributed by atoms with Gasteiger partial charge in [-0.25, -0.2) is 0 Å². The largest absolute Gasteiger partial charge is 0.392 e. The Morgan fingerprint density at radius 3 is 2.05 bits per heavy atom. The van der Waals surface area contributed by atoms with E-state index < -0.39 is 77.0 Å². The molecule has 3 heterocycles. The predicted octanol–water partition coefficient (Wildman–Crippen LogP) is 4.19. The Kier molecular flexibility index (Phi) is 11.3. The molecule has 0 spiro atoms. The summed E-state index contributed by atoms with van der Waals surface area (Å²) in [6.07, 6.45) is -0.608. The van der Waals surface area contributed by atoms with E-state index in [0.717, 1.165) is 0 Å². The molecule has 5 N–H and O–H groups in total. The van der Waals surface area contributed by atoms with E-state index in [-0.39, 0.29) is 23.5 Å². The summed E-state index contributed by atoms with van der Waals surface area (Å²) in [5, 5.41) is 56.3. The summed E-state index contributed by atoms with van der Waals surface area (Å²) in [4.78, 5) is 14.1. The molecule has 16 atom stereocenters. The molecule has 0 saturated carbocycles. The smallest absolute Gasteiger partial charge is 0.198 e. The van der Waals surface area contributed by atoms with Crippen molar-refractivity contribution >= 4 is 5.78 Å². The number of carbonyl (C=O) groups excluding carboxylic acids is 1. The molecule has 0 aromatic rings. The standard InChI is InChI=1S/C34H62O9/c1-12-23(27(37)20(7)26(36)21(8)30-22(9)28(38)24(13-2)32(11,39)42-30)29-18(5)16-31(10,41-29)34(40)19(6)17-33(15-4,43-34)25(35)14-3/h18-26,28-30,35-36,38-40H,12-17H2,1-11H3/t18-,19?,20-,21-,22-,23-,24+,25?,26+,28+,29-,30?,31?,32-,33+,34?/m0/s1. The van der Waals surface area contributed by atoms with Crippen molar-refractivity contribution in [1.29, 1.82) is 0 Å². The van der Waals surface area contributed by atoms with Crippen molar-refractivity contribution in [3.8, 4) is 0 Å². The molecule has 0 aliphatic carbocycles. The highest BCUT2D eigenvalue weighted by molar-refractivity contribution is 5.84. The molecule has 9 nitrogen and oxygen atoms in total. The van der Waals surface area contributed by atoms with Crippen LogP contribution in [0.3, 0.4) is 0 Å². The maximum atomic E-state index is 14.1. The van der Waals surface area contributed by atoms with Gasteiger partial charge in [-0.15, -0.1) is 0 Å². The van der Waals surface area contributed by atoms with E-state index in [1.54, 1.807) is 20.8 Å². The maximum Gasteiger partial charge on any atom is 0.198 e. The van der Waals surface area contributed by atoms with Gasteiger partial charge in [-0.3, -0.25) is 4.79 Å². The first-order chi connectivity index (χ1) is 19.8. The van der Waals surface area contributed by atoms with Crippen LogP contribution in [0.15, 0.2) is 0 Å². The van der Waals surface area contributed by atoms with Gasteiger partial charge in [0, 0.05) is 35.5 Å². The molecule has 3 saturated heterocycles. The highest BCUT2D eigenvalue weighted by Gasteiger charge is 2.67. The van der Waals surface area contributed by atoms with Crippen molar-refractivity contribution in [3.63, 3.8) is 0 Å². The fourth-order valence-corrected chi connectivity index (χ4v) is 8.98. The third-order valence-corrected chi connectivity index (χ3v) is 11.9. The first-order valence-electron chi connectivity index (χ1n) is 16.9. The zero-order chi connectivity index (χ0) is 32.9. The van der Waals surface area contributed by atoms with E-state index in [1.807, 2.05) is 55.4 Å². The number of carbonyl (C=O) groups is 1. The minimum Gasteiger partial charge on any atom is -0.392 e. The molecular formula is C34H62O9. The molecule has 252 valence electrons. The van der Waals surface area contributed by atoms with Crippen LogP contribution < -0.4 is 0 Å². The molecule has 3 rings (SSSR count). The molecule has 3 fully saturated rings. The lowest BCUT2D eigenvalue weighted by Crippen LogP contribution is -2.59. The molecule has 43 heavy (non-hydrogen) atoms. The van der Waals surface area contributed by atoms with Crippen molar-refractivity contribution in [3.05, 3.63) is 0 Å². The number of rotatable bonds is 12. The first-order valence-corrected chi connectivity index (χ1v) is 16.9. The molecule has 0 aromatic heterocycles. The molecule has 0 amide bonds. The number of hydrogen-bond donors (Lipinski definition) is 5. The van der Waals surface area contributed by atoms with Crippen LogP contribution in [0.1, 0.15) is 115 Å². The lowest BCUT2D eigenvalue weighted by molar-refractivity contribution is -0.332. The Bertz CT molecular complexity index is 958. The van der Waals surface area contributed by atoms with Gasteiger partial charge in [0.25, 0.3) is 0 Å². The van der Waals surface area contributed by atoms with Crippen molar-refractivity contribution in [2.75, 3.05) is 0 Å². The third-order valence-electron chi connectivity index (χ3n) is 11.9. The van der Waals surface area contributed by atoms with Crippen molar-refractivity contribution in [2.45, 2.75) is 168 Å². The van der Waals surface area contributed by atoms with Crippen LogP contribution in [0.2, 0.25) is 0 Å². The molecular weight excluding hydrogens is 552 g/mol. The summed E-state index contributed by atoms with van der Waals surface area (Å²) in [5.41, 5.74) is -1.95. The Labute approximate surface area is 259 Å². The van der Waals surface area contributed by atoms with Crippen molar-refractivity contribution < 1.29 is 44.5 Å². The van der Waals surface area contributed by atoms with E-state index in [9.17, 15) is 30.3 Å². The van der Waals surface area contributed by atoms with Crippen LogP contribution in [-0.2, 0) is 19.0 Å². The van der Waals surface area contributed by atoms with Gasteiger partial charge in [0.1, 0.15) is 11.4 Å². The summed E-state index contributed by atoms with van der Waals surface area (Å²) in [6, 6.07) is 0. The van der Waals surface area contributed by atoms with E-state index in [1.165, 1.54) is 0 Å². The van der Waals surface area contributed by atoms with Gasteiger partial charge in [-0.2, -0.15) is 0 Å². The fourth-order valence-electron chi connectivity index (χ4n) is 8.98. The second-order valence-corrected chi connectivity index (χ2v) is 14.8. The van der Waals surface area contributed by atoms with E-state index in [4.69, 9.17) is 14.2 Å². The van der Waals surface area contributed by atoms with Crippen LogP contribution in [0.5, 0.6) is 0 Å². The maximum absolute atomic E-state index is 14.1. The zero-order valence-corrected chi connectivity index (χ0v) is 28.5. The van der Waals surface area contributed by atoms with E-state index in [0.29, 0.717) is 38.5 Å². The average molecular weight is 615 g/mol. The number of ketones is 1. The van der Waals surface area contributed by atoms with Crippen LogP contribution in [0.4, 0.5) is 0 Å². The monoisotopic (exact) mass is 614 g/mol. The van der Waals surface area contributed by atoms with Crippen LogP contribution >= 0.6 is 0 Å². The lowest BCUT2D eigenvalue weighted by atomic mass is 9.72. The Morgan fingerprint density at radius 1 is 0.930 bits per heavy atom. The predicted molar refractivity (Wildman–Crippen MR) is 164 cm³/mol. The third kappa shape index (κ3) is 6.23. The van der Waals surface area contributed by atoms with Crippen LogP contribution in [0, 0.1) is 41.4 Å². The van der Waals surface area contributed by atoms with Gasteiger partial charge in [0.2, 0.25) is 0 Å². The molecule has 3 aliphatic rings. The Balaban J connectivity index is 1.79. The Morgan fingerprint density at radius 2 is 1.53 bits per heavy atom. The number of aliphatic hydroxyl groups excluding tert-OH is 3. The molecule has 3 aliphatic heterocycles. The van der Waals surface area contributed by atoms with Gasteiger partial charge >= 0.3 is 0 Å². The normalized spacial score (nSPS) is 47.2. The lowest BCUT2D eigenvalue weighted by Gasteiger charge is -2.50. The van der Waals surface area contributed by atoms with Gasteiger partial charge in [-0.05, 0) is 58.3 Å². The topological polar surface area (TPSA) is 146 Å². The minimum absolute atomic E-state index is 0.0638. The number of ether oxygens (including phenoxy) is 3. The van der Waals surface area contributed by atoms with Crippen LogP contribution in [-0.4, -0.2) is 84.6 Å². The van der Waals surface area contributed by atoms with Crippen molar-refractivity contribution in [2.24, 2.45) is 41.4 Å². The van der Waals surface area contributed by atoms with E-state index in [2.05, 4.69) is 0 Å². The summed E-state index contributed by atoms with van der Waals surface area (Å²) in [6.45, 7) is 20.4. The molecule has 0 radical (unpaired) electrons. The number of Topliss-reactive ketones (excluding diaryl/α,β-unsaturated/α-hetero) is 1. The average Bonchev–Trinajstić information content (AvgIpc) is 3.43. The van der Waals surface area contributed by atoms with Gasteiger partial charge in [-0.1, -0.05) is 62.3 Å². The van der Waals surface area contributed by atoms with Crippen molar-refractivity contribution in [1.82, 2.24) is 0 Å². The minimum atomic E-state index is -1.63. The first kappa shape index (κ1) is 36.8. The molecule has 9 heteroatoms. The summed E-state index contributed by atoms with van der Waals surface area (Å²) in [7, 11) is 0. The summed E-state index contributed by atoms with van der Waals surface area (Å²) >= 11 is 0. The van der Waals surface area contributed by atoms with Crippen LogP contribution in [0.25, 0.3) is 0 Å². The second-order valence-electron chi connectivity index (χ2n) is 14.8. The Hall–Kier alpha value is -0.650. The second kappa shape index (κ2) is 13.2. The summed E-state index contributed by atoms with van der Waals surface area (Å²) in [5.74, 6) is -6.24. The van der Waals surface area contributed by atoms with E-state index >= 15 is 0 Å². The SMILES string of the molecule is CCC(O)[C@@]1(CC)CC(C)C(O)(C2(C)C[C@H](C)[C@@H]([C@@H](CC)C(=O)[C@@H](C)[C@@H](O)[C@H](C)C3O[C@](C)(O)[C@H](CC)[C@H](O)[C@@H]3C)O2)O1. The quantitative estimate of drug-likeness (QED) is 0.218. The molecule has 5 unspecified atom stereocenters. The summed E-state index contributed by atoms with van der Waals surface area (Å²) < 4.78 is 19.2. The zero-order valence-electron chi connectivity index (χ0n) is 28.5. The van der Waals surface area contributed by atoms with Gasteiger partial charge < -0.3 is 39.7 Å². The molecule has 0 bridgehead atoms.